The maximum absolute atomic E-state index is 12.1. The standard InChI is InChI=1S/C18H24ClNO2/c1-11-3-6-16(19)17(7-11)22-10-18(21)20-12(2)15-9-13-4-5-14(15)8-13/h3,6-7,12-15H,4-5,8-10H2,1-2H3,(H,20,21). The van der Waals surface area contributed by atoms with Crippen molar-refractivity contribution in [3.63, 3.8) is 0 Å². The Balaban J connectivity index is 1.49. The second-order valence-corrected chi connectivity index (χ2v) is 7.32. The zero-order valence-corrected chi connectivity index (χ0v) is 14.0. The Bertz CT molecular complexity index is 560. The van der Waals surface area contributed by atoms with Crippen molar-refractivity contribution in [1.29, 1.82) is 0 Å². The molecule has 0 aromatic heterocycles. The highest BCUT2D eigenvalue weighted by Gasteiger charge is 2.42. The molecule has 4 atom stereocenters. The molecule has 1 aromatic rings. The summed E-state index contributed by atoms with van der Waals surface area (Å²) in [6.45, 7) is 4.12. The van der Waals surface area contributed by atoms with Crippen molar-refractivity contribution in [1.82, 2.24) is 5.32 Å². The fourth-order valence-corrected chi connectivity index (χ4v) is 4.35. The van der Waals surface area contributed by atoms with Gasteiger partial charge in [-0.3, -0.25) is 4.79 Å². The minimum Gasteiger partial charge on any atom is -0.482 e. The van der Waals surface area contributed by atoms with Crippen LogP contribution in [0, 0.1) is 24.7 Å². The van der Waals surface area contributed by atoms with Gasteiger partial charge >= 0.3 is 0 Å². The predicted octanol–water partition coefficient (Wildman–Crippen LogP) is 3.97. The topological polar surface area (TPSA) is 38.3 Å². The average molecular weight is 322 g/mol. The number of carbonyl (C=O) groups excluding carboxylic acids is 1. The third kappa shape index (κ3) is 3.40. The Labute approximate surface area is 137 Å². The van der Waals surface area contributed by atoms with E-state index in [1.165, 1.54) is 25.7 Å². The number of carbonyl (C=O) groups is 1. The van der Waals surface area contributed by atoms with Crippen LogP contribution >= 0.6 is 11.6 Å². The van der Waals surface area contributed by atoms with Crippen molar-refractivity contribution in [3.8, 4) is 5.75 Å². The molecule has 0 aliphatic heterocycles. The molecule has 1 N–H and O–H groups in total. The first-order chi connectivity index (χ1) is 10.5. The van der Waals surface area contributed by atoms with Crippen LogP contribution in [0.4, 0.5) is 0 Å². The summed E-state index contributed by atoms with van der Waals surface area (Å²) in [5.41, 5.74) is 1.06. The van der Waals surface area contributed by atoms with Gasteiger partial charge in [-0.25, -0.2) is 0 Å². The molecule has 2 bridgehead atoms. The molecule has 2 fully saturated rings. The SMILES string of the molecule is Cc1ccc(Cl)c(OCC(=O)NC(C)C2CC3CCC2C3)c1. The van der Waals surface area contributed by atoms with Crippen LogP contribution in [0.2, 0.25) is 5.02 Å². The smallest absolute Gasteiger partial charge is 0.258 e. The number of aryl methyl sites for hydroxylation is 1. The van der Waals surface area contributed by atoms with E-state index in [4.69, 9.17) is 16.3 Å². The Morgan fingerprint density at radius 2 is 2.23 bits per heavy atom. The fraction of sp³-hybridized carbons (Fsp3) is 0.611. The predicted molar refractivity (Wildman–Crippen MR) is 88.2 cm³/mol. The molecule has 22 heavy (non-hydrogen) atoms. The molecular formula is C18H24ClNO2. The minimum absolute atomic E-state index is 0.0222. The normalized spacial score (nSPS) is 27.7. The molecule has 0 saturated heterocycles. The molecule has 2 aliphatic carbocycles. The lowest BCUT2D eigenvalue weighted by Gasteiger charge is -2.28. The van der Waals surface area contributed by atoms with Gasteiger partial charge < -0.3 is 10.1 Å². The number of fused-ring (bicyclic) bond motifs is 2. The van der Waals surface area contributed by atoms with Crippen molar-refractivity contribution in [2.75, 3.05) is 6.61 Å². The molecule has 4 unspecified atom stereocenters. The van der Waals surface area contributed by atoms with Crippen LogP contribution in [0.25, 0.3) is 0 Å². The molecular weight excluding hydrogens is 298 g/mol. The van der Waals surface area contributed by atoms with Gasteiger partial charge in [0.25, 0.3) is 5.91 Å². The van der Waals surface area contributed by atoms with E-state index in [0.29, 0.717) is 16.7 Å². The maximum atomic E-state index is 12.1. The van der Waals surface area contributed by atoms with Crippen molar-refractivity contribution in [3.05, 3.63) is 28.8 Å². The molecule has 3 rings (SSSR count). The second kappa shape index (κ2) is 6.49. The number of halogens is 1. The van der Waals surface area contributed by atoms with Crippen LogP contribution in [-0.4, -0.2) is 18.6 Å². The molecule has 2 saturated carbocycles. The van der Waals surface area contributed by atoms with Crippen LogP contribution in [0.15, 0.2) is 18.2 Å². The largest absolute Gasteiger partial charge is 0.482 e. The van der Waals surface area contributed by atoms with E-state index in [1.54, 1.807) is 6.07 Å². The molecule has 0 heterocycles. The number of ether oxygens (including phenoxy) is 1. The third-order valence-electron chi connectivity index (χ3n) is 5.27. The molecule has 1 aromatic carbocycles. The van der Waals surface area contributed by atoms with Gasteiger partial charge in [0.05, 0.1) is 5.02 Å². The molecule has 4 heteroatoms. The maximum Gasteiger partial charge on any atom is 0.258 e. The molecule has 1 amide bonds. The number of hydrogen-bond donors (Lipinski definition) is 1. The Morgan fingerprint density at radius 3 is 2.91 bits per heavy atom. The van der Waals surface area contributed by atoms with Crippen molar-refractivity contribution in [2.24, 2.45) is 17.8 Å². The van der Waals surface area contributed by atoms with Crippen LogP contribution in [0.1, 0.15) is 38.2 Å². The van der Waals surface area contributed by atoms with Crippen molar-refractivity contribution in [2.45, 2.75) is 45.6 Å². The monoisotopic (exact) mass is 321 g/mol. The first kappa shape index (κ1) is 15.7. The summed E-state index contributed by atoms with van der Waals surface area (Å²) >= 11 is 6.08. The highest BCUT2D eigenvalue weighted by atomic mass is 35.5. The fourth-order valence-electron chi connectivity index (χ4n) is 4.17. The summed E-state index contributed by atoms with van der Waals surface area (Å²) < 4.78 is 5.56. The van der Waals surface area contributed by atoms with E-state index >= 15 is 0 Å². The zero-order chi connectivity index (χ0) is 15.7. The van der Waals surface area contributed by atoms with E-state index in [0.717, 1.165) is 17.4 Å². The molecule has 2 aliphatic rings. The Hall–Kier alpha value is -1.22. The number of rotatable bonds is 5. The summed E-state index contributed by atoms with van der Waals surface area (Å²) in [4.78, 5) is 12.1. The molecule has 0 radical (unpaired) electrons. The van der Waals surface area contributed by atoms with Crippen molar-refractivity contribution >= 4 is 17.5 Å². The third-order valence-corrected chi connectivity index (χ3v) is 5.58. The van der Waals surface area contributed by atoms with Gasteiger partial charge in [-0.1, -0.05) is 24.1 Å². The van der Waals surface area contributed by atoms with Crippen LogP contribution in [-0.2, 0) is 4.79 Å². The first-order valence-corrected chi connectivity index (χ1v) is 8.59. The van der Waals surface area contributed by atoms with Gasteiger partial charge in [0, 0.05) is 6.04 Å². The van der Waals surface area contributed by atoms with Crippen LogP contribution in [0.5, 0.6) is 5.75 Å². The summed E-state index contributed by atoms with van der Waals surface area (Å²) in [5, 5.41) is 3.65. The van der Waals surface area contributed by atoms with Crippen molar-refractivity contribution < 1.29 is 9.53 Å². The van der Waals surface area contributed by atoms with Gasteiger partial charge in [0.1, 0.15) is 5.75 Å². The van der Waals surface area contributed by atoms with Gasteiger partial charge in [0.15, 0.2) is 6.61 Å². The van der Waals surface area contributed by atoms with E-state index in [2.05, 4.69) is 12.2 Å². The molecule has 3 nitrogen and oxygen atoms in total. The number of hydrogen-bond acceptors (Lipinski definition) is 2. The van der Waals surface area contributed by atoms with E-state index in [9.17, 15) is 4.79 Å². The Kier molecular flexibility index (Phi) is 4.62. The summed E-state index contributed by atoms with van der Waals surface area (Å²) in [5.74, 6) is 2.87. The zero-order valence-electron chi connectivity index (χ0n) is 13.3. The highest BCUT2D eigenvalue weighted by molar-refractivity contribution is 6.32. The quantitative estimate of drug-likeness (QED) is 0.891. The summed E-state index contributed by atoms with van der Waals surface area (Å²) in [6.07, 6.45) is 5.36. The second-order valence-electron chi connectivity index (χ2n) is 6.92. The molecule has 120 valence electrons. The number of nitrogens with one attached hydrogen (secondary N) is 1. The lowest BCUT2D eigenvalue weighted by atomic mass is 9.84. The van der Waals surface area contributed by atoms with Gasteiger partial charge in [-0.05, 0) is 68.6 Å². The lowest BCUT2D eigenvalue weighted by molar-refractivity contribution is -0.124. The van der Waals surface area contributed by atoms with Gasteiger partial charge in [0.2, 0.25) is 0 Å². The summed E-state index contributed by atoms with van der Waals surface area (Å²) in [6, 6.07) is 5.81. The van der Waals surface area contributed by atoms with E-state index < -0.39 is 0 Å². The lowest BCUT2D eigenvalue weighted by Crippen LogP contribution is -2.42. The Morgan fingerprint density at radius 1 is 1.41 bits per heavy atom. The highest BCUT2D eigenvalue weighted by Crippen LogP contribution is 2.49. The summed E-state index contributed by atoms with van der Waals surface area (Å²) in [7, 11) is 0. The van der Waals surface area contributed by atoms with Crippen LogP contribution in [0.3, 0.4) is 0 Å². The van der Waals surface area contributed by atoms with Crippen LogP contribution < -0.4 is 10.1 Å². The number of benzene rings is 1. The first-order valence-electron chi connectivity index (χ1n) is 8.21. The minimum atomic E-state index is -0.0622. The van der Waals surface area contributed by atoms with Gasteiger partial charge in [-0.2, -0.15) is 0 Å². The van der Waals surface area contributed by atoms with Gasteiger partial charge in [-0.15, -0.1) is 0 Å². The van der Waals surface area contributed by atoms with E-state index in [1.807, 2.05) is 19.1 Å². The number of amides is 1. The van der Waals surface area contributed by atoms with E-state index in [-0.39, 0.29) is 18.6 Å². The average Bonchev–Trinajstić information content (AvgIpc) is 3.11. The molecule has 0 spiro atoms.